The summed E-state index contributed by atoms with van der Waals surface area (Å²) in [4.78, 5) is 4.29. The highest BCUT2D eigenvalue weighted by Gasteiger charge is 2.30. The second-order valence-electron chi connectivity index (χ2n) is 4.54. The second-order valence-corrected chi connectivity index (χ2v) is 7.65. The van der Waals surface area contributed by atoms with Gasteiger partial charge in [0.1, 0.15) is 4.21 Å². The Balaban J connectivity index is 1.90. The molecule has 2 aromatic rings. The first-order valence-electron chi connectivity index (χ1n) is 6.18. The van der Waals surface area contributed by atoms with Crippen LogP contribution in [0.4, 0.5) is 0 Å². The van der Waals surface area contributed by atoms with E-state index in [-0.39, 0.29) is 0 Å². The van der Waals surface area contributed by atoms with Crippen molar-refractivity contribution in [3.8, 4) is 0 Å². The molecule has 0 saturated heterocycles. The van der Waals surface area contributed by atoms with E-state index in [1.54, 1.807) is 30.9 Å². The largest absolute Gasteiger partial charge is 0.378 e. The summed E-state index contributed by atoms with van der Waals surface area (Å²) >= 11 is 1.24. The Labute approximate surface area is 121 Å². The molecule has 0 radical (unpaired) electrons. The number of thiophene rings is 1. The molecule has 3 rings (SSSR count). The summed E-state index contributed by atoms with van der Waals surface area (Å²) < 4.78 is 34.0. The Hall–Kier alpha value is -1.22. The van der Waals surface area contributed by atoms with Gasteiger partial charge in [-0.05, 0) is 11.4 Å². The van der Waals surface area contributed by atoms with Gasteiger partial charge in [0.25, 0.3) is 10.0 Å². The van der Waals surface area contributed by atoms with E-state index in [2.05, 4.69) is 4.98 Å². The van der Waals surface area contributed by atoms with E-state index in [0.717, 1.165) is 11.4 Å². The molecule has 0 fully saturated rings. The van der Waals surface area contributed by atoms with E-state index in [1.807, 2.05) is 4.57 Å². The molecule has 2 aromatic heterocycles. The van der Waals surface area contributed by atoms with Crippen LogP contribution in [0, 0.1) is 0 Å². The van der Waals surface area contributed by atoms with Crippen LogP contribution in [0.5, 0.6) is 0 Å². The molecule has 20 heavy (non-hydrogen) atoms. The van der Waals surface area contributed by atoms with Gasteiger partial charge in [-0.2, -0.15) is 4.31 Å². The Morgan fingerprint density at radius 3 is 3.00 bits per heavy atom. The van der Waals surface area contributed by atoms with Crippen molar-refractivity contribution < 1.29 is 13.2 Å². The van der Waals surface area contributed by atoms with Crippen LogP contribution in [-0.2, 0) is 34.5 Å². The molecule has 8 heteroatoms. The predicted octanol–water partition coefficient (Wildman–Crippen LogP) is 1.30. The molecule has 0 bridgehead atoms. The zero-order chi connectivity index (χ0) is 14.2. The average Bonchev–Trinajstić information content (AvgIpc) is 3.08. The van der Waals surface area contributed by atoms with Crippen LogP contribution < -0.4 is 0 Å². The van der Waals surface area contributed by atoms with Crippen molar-refractivity contribution in [1.82, 2.24) is 13.9 Å². The topological polar surface area (TPSA) is 64.4 Å². The summed E-state index contributed by atoms with van der Waals surface area (Å²) in [7, 11) is -1.80. The van der Waals surface area contributed by atoms with Crippen LogP contribution in [0.3, 0.4) is 0 Å². The molecule has 3 heterocycles. The van der Waals surface area contributed by atoms with Crippen LogP contribution in [0.1, 0.15) is 11.4 Å². The highest BCUT2D eigenvalue weighted by atomic mass is 32.2. The zero-order valence-electron chi connectivity index (χ0n) is 11.0. The zero-order valence-corrected chi connectivity index (χ0v) is 12.7. The number of methoxy groups -OCH3 is 1. The van der Waals surface area contributed by atoms with Gasteiger partial charge < -0.3 is 9.30 Å². The SMILES string of the molecule is COCc1ncn2c1CN(S(=O)(=O)c1cccs1)CC2. The van der Waals surface area contributed by atoms with Crippen molar-refractivity contribution in [3.63, 3.8) is 0 Å². The highest BCUT2D eigenvalue weighted by molar-refractivity contribution is 7.91. The fraction of sp³-hybridized carbons (Fsp3) is 0.417. The fourth-order valence-electron chi connectivity index (χ4n) is 2.29. The number of hydrogen-bond donors (Lipinski definition) is 0. The van der Waals surface area contributed by atoms with E-state index < -0.39 is 10.0 Å². The smallest absolute Gasteiger partial charge is 0.252 e. The monoisotopic (exact) mass is 313 g/mol. The first-order chi connectivity index (χ1) is 9.63. The van der Waals surface area contributed by atoms with Crippen LogP contribution in [0.15, 0.2) is 28.0 Å². The summed E-state index contributed by atoms with van der Waals surface area (Å²) in [5.41, 5.74) is 1.72. The highest BCUT2D eigenvalue weighted by Crippen LogP contribution is 2.26. The molecule has 1 aliphatic rings. The quantitative estimate of drug-likeness (QED) is 0.853. The lowest BCUT2D eigenvalue weighted by Crippen LogP contribution is -2.38. The standard InChI is InChI=1S/C12H15N3O3S2/c1-18-8-10-11-7-15(5-4-14(11)9-13-10)20(16,17)12-3-2-6-19-12/h2-3,6,9H,4-5,7-8H2,1H3. The van der Waals surface area contributed by atoms with Gasteiger partial charge in [-0.25, -0.2) is 13.4 Å². The molecule has 0 amide bonds. The Morgan fingerprint density at radius 1 is 1.45 bits per heavy atom. The molecule has 108 valence electrons. The maximum Gasteiger partial charge on any atom is 0.252 e. The number of nitrogens with zero attached hydrogens (tertiary/aromatic N) is 3. The van der Waals surface area contributed by atoms with E-state index >= 15 is 0 Å². The maximum atomic E-state index is 12.5. The number of fused-ring (bicyclic) bond motifs is 1. The van der Waals surface area contributed by atoms with Gasteiger partial charge in [-0.15, -0.1) is 11.3 Å². The molecular weight excluding hydrogens is 298 g/mol. The number of ether oxygens (including phenoxy) is 1. The van der Waals surface area contributed by atoms with Gasteiger partial charge in [0.15, 0.2) is 0 Å². The van der Waals surface area contributed by atoms with Crippen LogP contribution >= 0.6 is 11.3 Å². The number of sulfonamides is 1. The lowest BCUT2D eigenvalue weighted by atomic mass is 10.3. The minimum Gasteiger partial charge on any atom is -0.378 e. The van der Waals surface area contributed by atoms with E-state index in [1.165, 1.54) is 15.6 Å². The Bertz CT molecular complexity index is 692. The number of hydrogen-bond acceptors (Lipinski definition) is 5. The normalized spacial score (nSPS) is 16.2. The Kier molecular flexibility index (Phi) is 3.63. The molecule has 1 aliphatic heterocycles. The van der Waals surface area contributed by atoms with Crippen molar-refractivity contribution in [3.05, 3.63) is 35.2 Å². The van der Waals surface area contributed by atoms with E-state index in [9.17, 15) is 8.42 Å². The number of aromatic nitrogens is 2. The van der Waals surface area contributed by atoms with Crippen LogP contribution in [0.25, 0.3) is 0 Å². The second kappa shape index (κ2) is 5.28. The summed E-state index contributed by atoms with van der Waals surface area (Å²) in [5, 5.41) is 1.78. The maximum absolute atomic E-state index is 12.5. The van der Waals surface area contributed by atoms with Gasteiger partial charge >= 0.3 is 0 Å². The molecule has 0 spiro atoms. The van der Waals surface area contributed by atoms with Gasteiger partial charge in [0, 0.05) is 20.2 Å². The molecule has 0 unspecified atom stereocenters. The van der Waals surface area contributed by atoms with Gasteiger partial charge in [-0.3, -0.25) is 0 Å². The Morgan fingerprint density at radius 2 is 2.30 bits per heavy atom. The lowest BCUT2D eigenvalue weighted by molar-refractivity contribution is 0.179. The van der Waals surface area contributed by atoms with Crippen molar-refractivity contribution >= 4 is 21.4 Å². The third-order valence-electron chi connectivity index (χ3n) is 3.32. The minimum absolute atomic E-state index is 0.346. The lowest BCUT2D eigenvalue weighted by Gasteiger charge is -2.27. The van der Waals surface area contributed by atoms with Crippen molar-refractivity contribution in [2.75, 3.05) is 13.7 Å². The molecular formula is C12H15N3O3S2. The number of rotatable bonds is 4. The minimum atomic E-state index is -3.40. The van der Waals surface area contributed by atoms with E-state index in [0.29, 0.717) is 30.5 Å². The summed E-state index contributed by atoms with van der Waals surface area (Å²) in [6.07, 6.45) is 1.75. The van der Waals surface area contributed by atoms with E-state index in [4.69, 9.17) is 4.74 Å². The summed E-state index contributed by atoms with van der Waals surface area (Å²) in [6.45, 7) is 1.83. The molecule has 0 aromatic carbocycles. The molecule has 0 atom stereocenters. The molecule has 0 aliphatic carbocycles. The van der Waals surface area contributed by atoms with Crippen LogP contribution in [0.2, 0.25) is 0 Å². The third-order valence-corrected chi connectivity index (χ3v) is 6.54. The van der Waals surface area contributed by atoms with Crippen molar-refractivity contribution in [2.45, 2.75) is 23.9 Å². The number of imidazole rings is 1. The fourth-order valence-corrected chi connectivity index (χ4v) is 4.83. The van der Waals surface area contributed by atoms with Crippen LogP contribution in [-0.4, -0.2) is 35.9 Å². The van der Waals surface area contributed by atoms with Gasteiger partial charge in [-0.1, -0.05) is 6.07 Å². The van der Waals surface area contributed by atoms with Crippen molar-refractivity contribution in [2.24, 2.45) is 0 Å². The van der Waals surface area contributed by atoms with Gasteiger partial charge in [0.05, 0.1) is 30.9 Å². The summed E-state index contributed by atoms with van der Waals surface area (Å²) in [5.74, 6) is 0. The first-order valence-corrected chi connectivity index (χ1v) is 8.50. The van der Waals surface area contributed by atoms with Crippen molar-refractivity contribution in [1.29, 1.82) is 0 Å². The third kappa shape index (κ3) is 2.28. The summed E-state index contributed by atoms with van der Waals surface area (Å²) in [6, 6.07) is 3.39. The van der Waals surface area contributed by atoms with Gasteiger partial charge in [0.2, 0.25) is 0 Å². The molecule has 6 nitrogen and oxygen atoms in total. The molecule has 0 N–H and O–H groups in total. The first kappa shape index (κ1) is 13.7. The predicted molar refractivity (Wildman–Crippen MR) is 74.9 cm³/mol. The average molecular weight is 313 g/mol. The molecule has 0 saturated carbocycles.